The van der Waals surface area contributed by atoms with Crippen molar-refractivity contribution in [1.82, 2.24) is 9.78 Å². The molecule has 0 aliphatic carbocycles. The van der Waals surface area contributed by atoms with Crippen molar-refractivity contribution < 1.29 is 5.11 Å². The molecule has 0 aromatic carbocycles. The van der Waals surface area contributed by atoms with Crippen LogP contribution in [0.25, 0.3) is 0 Å². The molecule has 2 aromatic rings. The van der Waals surface area contributed by atoms with E-state index < -0.39 is 6.10 Å². The molecule has 0 aliphatic rings. The summed E-state index contributed by atoms with van der Waals surface area (Å²) in [6.45, 7) is 4.65. The fraction of sp³-hybridized carbons (Fsp3) is 0.364. The average molecular weight is 257 g/mol. The third-order valence-corrected chi connectivity index (χ3v) is 3.90. The molecule has 0 aliphatic heterocycles. The van der Waals surface area contributed by atoms with Crippen LogP contribution in [0.4, 0.5) is 0 Å². The summed E-state index contributed by atoms with van der Waals surface area (Å²) in [5.74, 6) is 0. The maximum Gasteiger partial charge on any atom is 0.131 e. The largest absolute Gasteiger partial charge is 0.381 e. The molecule has 2 heterocycles. The summed E-state index contributed by atoms with van der Waals surface area (Å²) in [4.78, 5) is 0.928. The van der Waals surface area contributed by atoms with Gasteiger partial charge in [0.2, 0.25) is 0 Å². The predicted octanol–water partition coefficient (Wildman–Crippen LogP) is 3.01. The molecular formula is C11H13ClN2OS. The number of aromatic nitrogens is 2. The Morgan fingerprint density at radius 2 is 2.38 bits per heavy atom. The molecule has 0 fully saturated rings. The van der Waals surface area contributed by atoms with Crippen molar-refractivity contribution in [2.45, 2.75) is 26.5 Å². The van der Waals surface area contributed by atoms with Crippen molar-refractivity contribution in [1.29, 1.82) is 0 Å². The molecule has 0 spiro atoms. The summed E-state index contributed by atoms with van der Waals surface area (Å²) in [5.41, 5.74) is 1.76. The zero-order valence-corrected chi connectivity index (χ0v) is 10.7. The zero-order valence-electron chi connectivity index (χ0n) is 9.14. The van der Waals surface area contributed by atoms with Crippen molar-refractivity contribution in [3.8, 4) is 0 Å². The van der Waals surface area contributed by atoms with Gasteiger partial charge in [-0.15, -0.1) is 11.3 Å². The Hall–Kier alpha value is -0.840. The van der Waals surface area contributed by atoms with E-state index in [9.17, 15) is 5.11 Å². The second kappa shape index (κ2) is 4.57. The van der Waals surface area contributed by atoms with Gasteiger partial charge in [-0.1, -0.05) is 11.6 Å². The first-order chi connectivity index (χ1) is 7.65. The van der Waals surface area contributed by atoms with Crippen LogP contribution >= 0.6 is 22.9 Å². The number of rotatable bonds is 3. The van der Waals surface area contributed by atoms with Crippen LogP contribution in [-0.4, -0.2) is 14.9 Å². The molecule has 1 atom stereocenters. The predicted molar refractivity (Wildman–Crippen MR) is 66.0 cm³/mol. The summed E-state index contributed by atoms with van der Waals surface area (Å²) >= 11 is 7.58. The van der Waals surface area contributed by atoms with E-state index in [0.717, 1.165) is 10.4 Å². The van der Waals surface area contributed by atoms with Gasteiger partial charge in [-0.3, -0.25) is 4.68 Å². The molecule has 0 bridgehead atoms. The minimum Gasteiger partial charge on any atom is -0.381 e. The van der Waals surface area contributed by atoms with Crippen LogP contribution in [0.15, 0.2) is 17.6 Å². The third kappa shape index (κ3) is 1.88. The molecular weight excluding hydrogens is 244 g/mol. The summed E-state index contributed by atoms with van der Waals surface area (Å²) in [5, 5.41) is 16.9. The fourth-order valence-corrected chi connectivity index (χ4v) is 2.84. The van der Waals surface area contributed by atoms with Crippen LogP contribution in [-0.2, 0) is 6.54 Å². The Morgan fingerprint density at radius 1 is 1.62 bits per heavy atom. The maximum absolute atomic E-state index is 10.3. The lowest BCUT2D eigenvalue weighted by atomic mass is 10.1. The van der Waals surface area contributed by atoms with Crippen molar-refractivity contribution in [2.24, 2.45) is 0 Å². The van der Waals surface area contributed by atoms with Gasteiger partial charge in [-0.2, -0.15) is 5.10 Å². The smallest absolute Gasteiger partial charge is 0.131 e. The second-order valence-electron chi connectivity index (χ2n) is 3.56. The van der Waals surface area contributed by atoms with E-state index in [1.54, 1.807) is 10.9 Å². The van der Waals surface area contributed by atoms with Gasteiger partial charge >= 0.3 is 0 Å². The molecule has 3 nitrogen and oxygen atoms in total. The van der Waals surface area contributed by atoms with Crippen LogP contribution < -0.4 is 0 Å². The summed E-state index contributed by atoms with van der Waals surface area (Å²) in [6.07, 6.45) is 0.891. The highest BCUT2D eigenvalue weighted by Crippen LogP contribution is 2.32. The summed E-state index contributed by atoms with van der Waals surface area (Å²) in [7, 11) is 0. The van der Waals surface area contributed by atoms with E-state index in [0.29, 0.717) is 17.3 Å². The molecule has 86 valence electrons. The van der Waals surface area contributed by atoms with Gasteiger partial charge in [0, 0.05) is 11.4 Å². The molecule has 0 amide bonds. The van der Waals surface area contributed by atoms with Gasteiger partial charge in [-0.25, -0.2) is 0 Å². The third-order valence-electron chi connectivity index (χ3n) is 2.54. The molecule has 1 N–H and O–H groups in total. The molecule has 0 saturated carbocycles. The number of aliphatic hydroxyl groups excluding tert-OH is 1. The van der Waals surface area contributed by atoms with Crippen LogP contribution in [0.1, 0.15) is 29.2 Å². The highest BCUT2D eigenvalue weighted by atomic mass is 35.5. The first kappa shape index (κ1) is 11.6. The highest BCUT2D eigenvalue weighted by molar-refractivity contribution is 7.10. The molecule has 5 heteroatoms. The molecule has 2 aromatic heterocycles. The number of nitrogens with zero attached hydrogens (tertiary/aromatic N) is 2. The number of hydrogen-bond donors (Lipinski definition) is 1. The zero-order chi connectivity index (χ0) is 11.7. The number of thiophene rings is 1. The standard InChI is InChI=1S/C11H13ClN2OS/c1-3-14-9(8(12)6-13-14)10(15)11-7(2)4-5-16-11/h4-6,10,15H,3H2,1-2H3. The van der Waals surface area contributed by atoms with E-state index in [2.05, 4.69) is 5.10 Å². The van der Waals surface area contributed by atoms with Gasteiger partial charge < -0.3 is 5.11 Å². The van der Waals surface area contributed by atoms with Crippen LogP contribution in [0.3, 0.4) is 0 Å². The van der Waals surface area contributed by atoms with E-state index in [1.807, 2.05) is 25.3 Å². The van der Waals surface area contributed by atoms with Crippen LogP contribution in [0.2, 0.25) is 5.02 Å². The minimum absolute atomic E-state index is 0.516. The van der Waals surface area contributed by atoms with E-state index in [-0.39, 0.29) is 0 Å². The SMILES string of the molecule is CCn1ncc(Cl)c1C(O)c1sccc1C. The lowest BCUT2D eigenvalue weighted by Gasteiger charge is -2.12. The molecule has 2 rings (SSSR count). The van der Waals surface area contributed by atoms with Gasteiger partial charge in [0.05, 0.1) is 16.9 Å². The highest BCUT2D eigenvalue weighted by Gasteiger charge is 2.21. The quantitative estimate of drug-likeness (QED) is 0.917. The van der Waals surface area contributed by atoms with Gasteiger partial charge in [0.1, 0.15) is 6.10 Å². The number of aryl methyl sites for hydroxylation is 2. The van der Waals surface area contributed by atoms with Crippen LogP contribution in [0.5, 0.6) is 0 Å². The molecule has 1 unspecified atom stereocenters. The first-order valence-electron chi connectivity index (χ1n) is 5.08. The minimum atomic E-state index is -0.685. The van der Waals surface area contributed by atoms with Gasteiger partial charge in [-0.05, 0) is 30.9 Å². The lowest BCUT2D eigenvalue weighted by molar-refractivity contribution is 0.211. The van der Waals surface area contributed by atoms with Crippen LogP contribution in [0, 0.1) is 6.92 Å². The first-order valence-corrected chi connectivity index (χ1v) is 6.34. The monoisotopic (exact) mass is 256 g/mol. The Balaban J connectivity index is 2.44. The van der Waals surface area contributed by atoms with Crippen molar-refractivity contribution >= 4 is 22.9 Å². The van der Waals surface area contributed by atoms with E-state index in [4.69, 9.17) is 11.6 Å². The molecule has 0 saturated heterocycles. The van der Waals surface area contributed by atoms with Gasteiger partial charge in [0.25, 0.3) is 0 Å². The summed E-state index contributed by atoms with van der Waals surface area (Å²) in [6, 6.07) is 1.99. The normalized spacial score (nSPS) is 13.0. The Morgan fingerprint density at radius 3 is 2.94 bits per heavy atom. The van der Waals surface area contributed by atoms with Crippen molar-refractivity contribution in [3.05, 3.63) is 38.8 Å². The van der Waals surface area contributed by atoms with Crippen molar-refractivity contribution in [2.75, 3.05) is 0 Å². The second-order valence-corrected chi connectivity index (χ2v) is 4.92. The van der Waals surface area contributed by atoms with E-state index in [1.165, 1.54) is 11.3 Å². The van der Waals surface area contributed by atoms with Gasteiger partial charge in [0.15, 0.2) is 0 Å². The Kier molecular flexibility index (Phi) is 3.33. The van der Waals surface area contributed by atoms with E-state index >= 15 is 0 Å². The maximum atomic E-state index is 10.3. The molecule has 16 heavy (non-hydrogen) atoms. The molecule has 0 radical (unpaired) electrons. The average Bonchev–Trinajstić information content (AvgIpc) is 2.83. The Bertz CT molecular complexity index is 492. The number of halogens is 1. The van der Waals surface area contributed by atoms with Crippen molar-refractivity contribution in [3.63, 3.8) is 0 Å². The lowest BCUT2D eigenvalue weighted by Crippen LogP contribution is -2.09. The summed E-state index contributed by atoms with van der Waals surface area (Å²) < 4.78 is 1.73. The number of hydrogen-bond acceptors (Lipinski definition) is 3. The fourth-order valence-electron chi connectivity index (χ4n) is 1.68. The Labute approximate surface area is 103 Å². The topological polar surface area (TPSA) is 38.0 Å². The number of aliphatic hydroxyl groups is 1.